The van der Waals surface area contributed by atoms with Gasteiger partial charge in [-0.05, 0) is 19.3 Å². The lowest BCUT2D eigenvalue weighted by molar-refractivity contribution is -0.121. The second-order valence-electron chi connectivity index (χ2n) is 3.99. The molecule has 0 aromatic heterocycles. The average Bonchev–Trinajstić information content (AvgIpc) is 2.65. The first-order valence-electron chi connectivity index (χ1n) is 5.45. The largest absolute Gasteiger partial charge is 0.409 e. The number of hydrogen-bond acceptors (Lipinski definition) is 3. The highest BCUT2D eigenvalue weighted by molar-refractivity contribution is 5.84. The Morgan fingerprint density at radius 3 is 2.93 bits per heavy atom. The first-order valence-corrected chi connectivity index (χ1v) is 5.45. The quantitative estimate of drug-likeness (QED) is 0.279. The smallest absolute Gasteiger partial charge is 0.220 e. The lowest BCUT2D eigenvalue weighted by Gasteiger charge is -2.19. The van der Waals surface area contributed by atoms with Crippen LogP contribution in [0.15, 0.2) is 5.16 Å². The Morgan fingerprint density at radius 2 is 2.33 bits per heavy atom. The maximum atomic E-state index is 11.4. The normalized spacial score (nSPS) is 26.6. The SMILES string of the molecule is CCCC(=O)NC1CCCC1C(N)=NO. The van der Waals surface area contributed by atoms with Crippen LogP contribution in [0.4, 0.5) is 0 Å². The van der Waals surface area contributed by atoms with Crippen molar-refractivity contribution in [3.8, 4) is 0 Å². The number of rotatable bonds is 4. The number of amides is 1. The van der Waals surface area contributed by atoms with Crippen molar-refractivity contribution in [3.05, 3.63) is 0 Å². The van der Waals surface area contributed by atoms with Crippen molar-refractivity contribution in [1.82, 2.24) is 5.32 Å². The van der Waals surface area contributed by atoms with E-state index in [1.54, 1.807) is 0 Å². The summed E-state index contributed by atoms with van der Waals surface area (Å²) in [6.07, 6.45) is 4.19. The summed E-state index contributed by atoms with van der Waals surface area (Å²) >= 11 is 0. The second kappa shape index (κ2) is 5.58. The minimum Gasteiger partial charge on any atom is -0.409 e. The van der Waals surface area contributed by atoms with Crippen LogP contribution in [0.5, 0.6) is 0 Å². The molecule has 5 nitrogen and oxygen atoms in total. The lowest BCUT2D eigenvalue weighted by Crippen LogP contribution is -2.42. The van der Waals surface area contributed by atoms with Crippen LogP contribution in [-0.4, -0.2) is 23.0 Å². The topological polar surface area (TPSA) is 87.7 Å². The summed E-state index contributed by atoms with van der Waals surface area (Å²) in [7, 11) is 0. The van der Waals surface area contributed by atoms with Crippen LogP contribution >= 0.6 is 0 Å². The molecule has 0 aliphatic heterocycles. The third-order valence-corrected chi connectivity index (χ3v) is 2.83. The Morgan fingerprint density at radius 1 is 1.60 bits per heavy atom. The van der Waals surface area contributed by atoms with Gasteiger partial charge in [0.05, 0.1) is 0 Å². The fourth-order valence-corrected chi connectivity index (χ4v) is 2.07. The van der Waals surface area contributed by atoms with E-state index in [0.717, 1.165) is 25.7 Å². The van der Waals surface area contributed by atoms with E-state index < -0.39 is 0 Å². The fraction of sp³-hybridized carbons (Fsp3) is 0.800. The molecule has 86 valence electrons. The first kappa shape index (κ1) is 11.8. The highest BCUT2D eigenvalue weighted by Crippen LogP contribution is 2.25. The zero-order valence-corrected chi connectivity index (χ0v) is 9.07. The average molecular weight is 213 g/mol. The molecule has 0 aromatic carbocycles. The van der Waals surface area contributed by atoms with Crippen LogP contribution in [0.25, 0.3) is 0 Å². The van der Waals surface area contributed by atoms with E-state index in [0.29, 0.717) is 6.42 Å². The van der Waals surface area contributed by atoms with E-state index in [2.05, 4.69) is 10.5 Å². The Hall–Kier alpha value is -1.26. The number of amidine groups is 1. The van der Waals surface area contributed by atoms with Gasteiger partial charge in [0.15, 0.2) is 0 Å². The molecular formula is C10H19N3O2. The molecule has 1 saturated carbocycles. The number of nitrogens with two attached hydrogens (primary N) is 1. The number of hydrogen-bond donors (Lipinski definition) is 3. The van der Waals surface area contributed by atoms with Gasteiger partial charge in [0, 0.05) is 18.4 Å². The summed E-state index contributed by atoms with van der Waals surface area (Å²) in [5.74, 6) is 0.283. The minimum atomic E-state index is -0.00388. The van der Waals surface area contributed by atoms with Gasteiger partial charge in [0.2, 0.25) is 5.91 Å². The van der Waals surface area contributed by atoms with Crippen LogP contribution in [0.3, 0.4) is 0 Å². The van der Waals surface area contributed by atoms with Gasteiger partial charge in [-0.25, -0.2) is 0 Å². The molecular weight excluding hydrogens is 194 g/mol. The third-order valence-electron chi connectivity index (χ3n) is 2.83. The molecule has 1 aliphatic rings. The zero-order chi connectivity index (χ0) is 11.3. The summed E-state index contributed by atoms with van der Waals surface area (Å²) in [6, 6.07) is 0.0416. The fourth-order valence-electron chi connectivity index (χ4n) is 2.07. The Bertz CT molecular complexity index is 253. The number of carbonyl (C=O) groups is 1. The second-order valence-corrected chi connectivity index (χ2v) is 3.99. The van der Waals surface area contributed by atoms with Gasteiger partial charge in [-0.1, -0.05) is 18.5 Å². The van der Waals surface area contributed by atoms with Crippen molar-refractivity contribution in [2.45, 2.75) is 45.1 Å². The number of nitrogens with one attached hydrogen (secondary N) is 1. The van der Waals surface area contributed by atoms with E-state index in [1.165, 1.54) is 0 Å². The molecule has 15 heavy (non-hydrogen) atoms. The van der Waals surface area contributed by atoms with E-state index >= 15 is 0 Å². The van der Waals surface area contributed by atoms with E-state index in [-0.39, 0.29) is 23.7 Å². The molecule has 0 heterocycles. The highest BCUT2D eigenvalue weighted by atomic mass is 16.4. The predicted octanol–water partition coefficient (Wildman–Crippen LogP) is 0.818. The van der Waals surface area contributed by atoms with Gasteiger partial charge in [-0.15, -0.1) is 0 Å². The summed E-state index contributed by atoms with van der Waals surface area (Å²) in [4.78, 5) is 11.4. The van der Waals surface area contributed by atoms with Crippen molar-refractivity contribution in [2.75, 3.05) is 0 Å². The third kappa shape index (κ3) is 3.11. The van der Waals surface area contributed by atoms with Crippen LogP contribution in [-0.2, 0) is 4.79 Å². The molecule has 1 rings (SSSR count). The lowest BCUT2D eigenvalue weighted by atomic mass is 10.0. The Labute approximate surface area is 89.7 Å². The van der Waals surface area contributed by atoms with Crippen molar-refractivity contribution < 1.29 is 10.0 Å². The molecule has 1 amide bonds. The van der Waals surface area contributed by atoms with Crippen molar-refractivity contribution >= 4 is 11.7 Å². The van der Waals surface area contributed by atoms with E-state index in [9.17, 15) is 4.79 Å². The molecule has 0 saturated heterocycles. The van der Waals surface area contributed by atoms with Crippen molar-refractivity contribution in [2.24, 2.45) is 16.8 Å². The van der Waals surface area contributed by atoms with Gasteiger partial charge < -0.3 is 16.3 Å². The Kier molecular flexibility index (Phi) is 4.39. The van der Waals surface area contributed by atoms with Gasteiger partial charge >= 0.3 is 0 Å². The number of nitrogens with zero attached hydrogens (tertiary/aromatic N) is 1. The van der Waals surface area contributed by atoms with Gasteiger partial charge in [0.25, 0.3) is 0 Å². The molecule has 2 unspecified atom stereocenters. The standard InChI is InChI=1S/C10H19N3O2/c1-2-4-9(14)12-8-6-3-5-7(8)10(11)13-15/h7-8,15H,2-6H2,1H3,(H2,11,13)(H,12,14). The Balaban J connectivity index is 2.50. The molecule has 5 heteroatoms. The molecule has 1 fully saturated rings. The van der Waals surface area contributed by atoms with Gasteiger partial charge in [0.1, 0.15) is 5.84 Å². The molecule has 4 N–H and O–H groups in total. The van der Waals surface area contributed by atoms with E-state index in [4.69, 9.17) is 10.9 Å². The zero-order valence-electron chi connectivity index (χ0n) is 9.07. The van der Waals surface area contributed by atoms with Crippen molar-refractivity contribution in [3.63, 3.8) is 0 Å². The van der Waals surface area contributed by atoms with Gasteiger partial charge in [-0.3, -0.25) is 4.79 Å². The van der Waals surface area contributed by atoms with Crippen LogP contribution in [0.1, 0.15) is 39.0 Å². The van der Waals surface area contributed by atoms with E-state index in [1.807, 2.05) is 6.92 Å². The molecule has 0 spiro atoms. The maximum Gasteiger partial charge on any atom is 0.220 e. The predicted molar refractivity (Wildman–Crippen MR) is 57.6 cm³/mol. The summed E-state index contributed by atoms with van der Waals surface area (Å²) in [5.41, 5.74) is 5.57. The van der Waals surface area contributed by atoms with Crippen LogP contribution < -0.4 is 11.1 Å². The maximum absolute atomic E-state index is 11.4. The summed E-state index contributed by atoms with van der Waals surface area (Å²) < 4.78 is 0. The molecule has 1 aliphatic carbocycles. The van der Waals surface area contributed by atoms with Crippen molar-refractivity contribution in [1.29, 1.82) is 0 Å². The molecule has 0 bridgehead atoms. The number of carbonyl (C=O) groups excluding carboxylic acids is 1. The summed E-state index contributed by atoms with van der Waals surface area (Å²) in [6.45, 7) is 1.97. The number of oxime groups is 1. The van der Waals surface area contributed by atoms with Gasteiger partial charge in [-0.2, -0.15) is 0 Å². The molecule has 2 atom stereocenters. The van der Waals surface area contributed by atoms with Crippen LogP contribution in [0, 0.1) is 5.92 Å². The molecule has 0 aromatic rings. The van der Waals surface area contributed by atoms with Crippen LogP contribution in [0.2, 0.25) is 0 Å². The molecule has 0 radical (unpaired) electrons. The monoisotopic (exact) mass is 213 g/mol. The summed E-state index contributed by atoms with van der Waals surface area (Å²) in [5, 5.41) is 14.6. The minimum absolute atomic E-state index is 0.00388. The highest BCUT2D eigenvalue weighted by Gasteiger charge is 2.31. The first-order chi connectivity index (χ1) is 7.19.